The Balaban J connectivity index is 0.000000878. The molecule has 0 radical (unpaired) electrons. The number of carbonyl (C=O) groups is 2. The lowest BCUT2D eigenvalue weighted by Crippen LogP contribution is -2.22. The summed E-state index contributed by atoms with van der Waals surface area (Å²) in [7, 11) is 3.42. The molecule has 54 heavy (non-hydrogen) atoms. The fourth-order valence-electron chi connectivity index (χ4n) is 5.21. The number of aryl methyl sites for hydroxylation is 1. The molecule has 15 heteroatoms. The molecule has 2 aliphatic rings. The largest absolute Gasteiger partial charge is 0.373 e. The van der Waals surface area contributed by atoms with Gasteiger partial charge in [0, 0.05) is 50.7 Å². The molecule has 7 rings (SSSR count). The first-order valence-electron chi connectivity index (χ1n) is 15.7. The molecule has 0 bridgehead atoms. The lowest BCUT2D eigenvalue weighted by atomic mass is 10.1. The van der Waals surface area contributed by atoms with E-state index >= 15 is 0 Å². The van der Waals surface area contributed by atoms with Crippen LogP contribution in [0.5, 0.6) is 0 Å². The summed E-state index contributed by atoms with van der Waals surface area (Å²) >= 11 is 16.5. The molecule has 5 aromatic rings. The molecule has 2 saturated heterocycles. The Morgan fingerprint density at radius 2 is 0.889 bits per heavy atom. The minimum Gasteiger partial charge on any atom is -0.311 e. The molecular formula is C39H27N3O6S6. The van der Waals surface area contributed by atoms with E-state index in [0.29, 0.717) is 18.5 Å². The minimum atomic E-state index is -0.0544. The Hall–Kier alpha value is -5.08. The van der Waals surface area contributed by atoms with Gasteiger partial charge in [-0.05, 0) is 90.9 Å². The number of nitrogens with zero attached hydrogens (tertiary/aromatic N) is 3. The van der Waals surface area contributed by atoms with Crippen molar-refractivity contribution < 1.29 is 28.8 Å². The maximum absolute atomic E-state index is 12.5. The van der Waals surface area contributed by atoms with Crippen molar-refractivity contribution in [3.63, 3.8) is 0 Å². The van der Waals surface area contributed by atoms with E-state index in [0.717, 1.165) is 47.7 Å². The van der Waals surface area contributed by atoms with Gasteiger partial charge in [0.2, 0.25) is 0 Å². The number of likely N-dealkylation sites (N-methyl/N-ethyl adjacent to an activating group) is 2. The van der Waals surface area contributed by atoms with Crippen LogP contribution in [-0.2, 0) is 28.8 Å². The van der Waals surface area contributed by atoms with Crippen LogP contribution < -0.4 is 4.90 Å². The van der Waals surface area contributed by atoms with Gasteiger partial charge in [-0.15, -0.1) is 22.7 Å². The van der Waals surface area contributed by atoms with Crippen LogP contribution in [0.1, 0.15) is 15.3 Å². The van der Waals surface area contributed by atoms with Crippen molar-refractivity contribution in [2.75, 3.05) is 19.0 Å². The molecule has 0 unspecified atom stereocenters. The lowest BCUT2D eigenvalue weighted by Gasteiger charge is -2.26. The number of benzene rings is 3. The van der Waals surface area contributed by atoms with Gasteiger partial charge in [-0.1, -0.05) is 89.9 Å². The van der Waals surface area contributed by atoms with Gasteiger partial charge in [0.1, 0.15) is 8.64 Å². The van der Waals surface area contributed by atoms with Gasteiger partial charge in [0.15, 0.2) is 0 Å². The summed E-state index contributed by atoms with van der Waals surface area (Å²) < 4.78 is 1.16. The highest BCUT2D eigenvalue weighted by molar-refractivity contribution is 8.27. The predicted octanol–water partition coefficient (Wildman–Crippen LogP) is 9.42. The number of carbonyl (C=O) groups excluding carboxylic acids is 6. The fraction of sp³-hybridized carbons (Fsp3) is 0.0769. The number of rotatable bonds is 7. The number of hydrogen-bond donors (Lipinski definition) is 0. The summed E-state index contributed by atoms with van der Waals surface area (Å²) in [6.07, 6.45) is 4.35. The fourth-order valence-corrected chi connectivity index (χ4v) is 9.61. The van der Waals surface area contributed by atoms with Gasteiger partial charge in [-0.3, -0.25) is 19.4 Å². The van der Waals surface area contributed by atoms with Crippen LogP contribution in [0.15, 0.2) is 107 Å². The summed E-state index contributed by atoms with van der Waals surface area (Å²) in [6, 6.07) is 34.0. The average Bonchev–Trinajstić information content (AvgIpc) is 3.94. The first-order chi connectivity index (χ1) is 26.0. The van der Waals surface area contributed by atoms with Crippen LogP contribution >= 0.6 is 70.6 Å². The predicted molar refractivity (Wildman–Crippen MR) is 224 cm³/mol. The highest BCUT2D eigenvalue weighted by Gasteiger charge is 2.29. The van der Waals surface area contributed by atoms with Crippen molar-refractivity contribution >= 4 is 133 Å². The summed E-state index contributed by atoms with van der Waals surface area (Å²) in [4.78, 5) is 68.3. The number of amides is 2. The first-order valence-corrected chi connectivity index (χ1v) is 19.7. The summed E-state index contributed by atoms with van der Waals surface area (Å²) in [5.41, 5.74) is 6.59. The second-order valence-electron chi connectivity index (χ2n) is 11.3. The van der Waals surface area contributed by atoms with Crippen LogP contribution in [0.4, 0.5) is 17.1 Å². The lowest BCUT2D eigenvalue weighted by molar-refractivity contribution is -0.193. The van der Waals surface area contributed by atoms with E-state index < -0.39 is 0 Å². The maximum Gasteiger partial charge on any atom is 0.373 e. The van der Waals surface area contributed by atoms with Gasteiger partial charge in [0.25, 0.3) is 11.8 Å². The third kappa shape index (κ3) is 9.34. The van der Waals surface area contributed by atoms with Crippen molar-refractivity contribution in [2.24, 2.45) is 0 Å². The molecule has 270 valence electrons. The quantitative estimate of drug-likeness (QED) is 0.116. The van der Waals surface area contributed by atoms with Crippen molar-refractivity contribution in [2.45, 2.75) is 6.92 Å². The smallest absolute Gasteiger partial charge is 0.311 e. The van der Waals surface area contributed by atoms with Crippen LogP contribution in [0.25, 0.3) is 33.0 Å². The van der Waals surface area contributed by atoms with E-state index in [1.54, 1.807) is 36.8 Å². The van der Waals surface area contributed by atoms with Crippen molar-refractivity contribution in [1.29, 1.82) is 0 Å². The molecule has 0 saturated carbocycles. The molecular weight excluding hydrogens is 799 g/mol. The maximum atomic E-state index is 12.5. The average molecular weight is 826 g/mol. The highest BCUT2D eigenvalue weighted by Crippen LogP contribution is 2.40. The van der Waals surface area contributed by atoms with E-state index in [1.807, 2.05) is 24.3 Å². The Morgan fingerprint density at radius 3 is 1.20 bits per heavy atom. The molecule has 9 nitrogen and oxygen atoms in total. The van der Waals surface area contributed by atoms with Crippen LogP contribution in [-0.4, -0.2) is 56.7 Å². The van der Waals surface area contributed by atoms with Crippen molar-refractivity contribution in [3.05, 3.63) is 122 Å². The summed E-state index contributed by atoms with van der Waals surface area (Å²) in [5, 5.41) is 0. The molecule has 0 aliphatic carbocycles. The summed E-state index contributed by atoms with van der Waals surface area (Å²) in [5.74, 6) is -0.109. The van der Waals surface area contributed by atoms with E-state index in [-0.39, 0.29) is 24.1 Å². The molecule has 2 fully saturated rings. The number of thioether (sulfide) groups is 2. The van der Waals surface area contributed by atoms with E-state index in [9.17, 15) is 9.59 Å². The Bertz CT molecular complexity index is 2210. The first kappa shape index (κ1) is 40.1. The number of hydrogen-bond acceptors (Lipinski definition) is 13. The van der Waals surface area contributed by atoms with E-state index in [1.165, 1.54) is 38.9 Å². The number of anilines is 3. The van der Waals surface area contributed by atoms with Crippen LogP contribution in [0.3, 0.4) is 0 Å². The normalized spacial score (nSPS) is 15.1. The van der Waals surface area contributed by atoms with Gasteiger partial charge >= 0.3 is 12.3 Å². The van der Waals surface area contributed by atoms with Crippen molar-refractivity contribution in [1.82, 2.24) is 9.80 Å². The van der Waals surface area contributed by atoms with Crippen molar-refractivity contribution in [3.8, 4) is 20.9 Å². The van der Waals surface area contributed by atoms with Gasteiger partial charge in [0.05, 0.1) is 9.81 Å². The topological polar surface area (TPSA) is 112 Å². The molecule has 2 amide bonds. The minimum absolute atomic E-state index is 0.0544. The third-order valence-corrected chi connectivity index (χ3v) is 13.0. The van der Waals surface area contributed by atoms with E-state index in [2.05, 4.69) is 96.8 Å². The molecule has 0 spiro atoms. The van der Waals surface area contributed by atoms with Gasteiger partial charge in [-0.25, -0.2) is 0 Å². The molecule has 3 aromatic carbocycles. The summed E-state index contributed by atoms with van der Waals surface area (Å²) in [6.45, 7) is 2.09. The molecule has 0 atom stereocenters. The molecule has 4 heterocycles. The number of thiocarbonyl (C=S) groups is 2. The molecule has 2 aromatic heterocycles. The second-order valence-corrected chi connectivity index (χ2v) is 16.9. The van der Waals surface area contributed by atoms with E-state index in [4.69, 9.17) is 43.6 Å². The van der Waals surface area contributed by atoms with Gasteiger partial charge in [-0.2, -0.15) is 19.2 Å². The third-order valence-electron chi connectivity index (χ3n) is 7.89. The second kappa shape index (κ2) is 18.3. The Labute approximate surface area is 338 Å². The monoisotopic (exact) mass is 825 g/mol. The standard InChI is InChI=1S/C37H27N3O2S6.2CO2/c1-22-4-10-25(11-5-22)40(26-12-6-23(7-13-26)30-18-16-28(45-30)20-32-34(41)38(2)36(43)47-32)27-14-8-24(9-15-27)31-19-17-29(46-31)21-33-35(42)39(3)37(44)48-33;2*2-1-3/h4-21H,1-3H3;;/b32-20-,33-21+;;. The molecule has 2 aliphatic heterocycles. The zero-order valence-corrected chi connectivity index (χ0v) is 33.5. The zero-order chi connectivity index (χ0) is 38.9. The molecule has 0 N–H and O–H groups in total. The zero-order valence-electron chi connectivity index (χ0n) is 28.6. The van der Waals surface area contributed by atoms with Crippen LogP contribution in [0.2, 0.25) is 0 Å². The highest BCUT2D eigenvalue weighted by atomic mass is 32.2. The SMILES string of the molecule is Cc1ccc(N(c2ccc(-c3ccc(/C=C4\SC(=S)N(C)C4=O)s3)cc2)c2ccc(-c3ccc(/C=C4/SC(=S)N(C)C4=O)s3)cc2)cc1.O=C=O.O=C=O. The van der Waals surface area contributed by atoms with Gasteiger partial charge < -0.3 is 4.90 Å². The number of thiophene rings is 2. The Kier molecular flexibility index (Phi) is 13.6. The van der Waals surface area contributed by atoms with Crippen LogP contribution in [0, 0.1) is 6.92 Å². The Morgan fingerprint density at radius 1 is 0.556 bits per heavy atom.